The number of piperidine rings is 1. The molecule has 0 amide bonds. The summed E-state index contributed by atoms with van der Waals surface area (Å²) in [6, 6.07) is 1.61. The molecular formula is C11H22N2O. The van der Waals surface area contributed by atoms with E-state index in [1.807, 2.05) is 0 Å². The average Bonchev–Trinajstić information content (AvgIpc) is 2.46. The topological polar surface area (TPSA) is 38.5 Å². The number of nitrogens with zero attached hydrogens (tertiary/aromatic N) is 1. The van der Waals surface area contributed by atoms with Gasteiger partial charge >= 0.3 is 0 Å². The van der Waals surface area contributed by atoms with Crippen molar-refractivity contribution in [2.75, 3.05) is 26.8 Å². The van der Waals surface area contributed by atoms with Crippen LogP contribution in [0.1, 0.15) is 25.7 Å². The zero-order valence-electron chi connectivity index (χ0n) is 9.11. The van der Waals surface area contributed by atoms with Gasteiger partial charge in [-0.2, -0.15) is 0 Å². The maximum Gasteiger partial charge on any atom is 0.0589 e. The third kappa shape index (κ3) is 1.95. The Bertz CT molecular complexity index is 172. The van der Waals surface area contributed by atoms with E-state index >= 15 is 0 Å². The first-order valence-corrected chi connectivity index (χ1v) is 5.80. The van der Waals surface area contributed by atoms with Crippen LogP contribution in [0.4, 0.5) is 0 Å². The summed E-state index contributed by atoms with van der Waals surface area (Å²) in [5, 5.41) is 0. The minimum Gasteiger partial charge on any atom is -0.383 e. The number of hydrogen-bond donors (Lipinski definition) is 1. The van der Waals surface area contributed by atoms with E-state index in [1.165, 1.54) is 25.7 Å². The number of rotatable bonds is 4. The van der Waals surface area contributed by atoms with E-state index in [4.69, 9.17) is 10.5 Å². The van der Waals surface area contributed by atoms with E-state index in [0.29, 0.717) is 0 Å². The van der Waals surface area contributed by atoms with Gasteiger partial charge < -0.3 is 10.5 Å². The largest absolute Gasteiger partial charge is 0.383 e. The van der Waals surface area contributed by atoms with Crippen LogP contribution in [-0.2, 0) is 4.74 Å². The summed E-state index contributed by atoms with van der Waals surface area (Å²) in [5.41, 5.74) is 5.76. The summed E-state index contributed by atoms with van der Waals surface area (Å²) in [6.07, 6.45) is 5.39. The minimum atomic E-state index is 0.784. The molecule has 0 radical (unpaired) electrons. The Labute approximate surface area is 86.6 Å². The average molecular weight is 198 g/mol. The molecule has 0 aromatic carbocycles. The van der Waals surface area contributed by atoms with Gasteiger partial charge in [0.1, 0.15) is 0 Å². The lowest BCUT2D eigenvalue weighted by atomic mass is 9.91. The Morgan fingerprint density at radius 3 is 2.43 bits per heavy atom. The van der Waals surface area contributed by atoms with Crippen molar-refractivity contribution in [2.45, 2.75) is 37.8 Å². The molecule has 2 aliphatic rings. The fourth-order valence-corrected chi connectivity index (χ4v) is 3.14. The van der Waals surface area contributed by atoms with Gasteiger partial charge in [-0.25, -0.2) is 0 Å². The van der Waals surface area contributed by atoms with Gasteiger partial charge in [0.05, 0.1) is 6.61 Å². The molecule has 0 aromatic heterocycles. The summed E-state index contributed by atoms with van der Waals surface area (Å²) < 4.78 is 5.16. The van der Waals surface area contributed by atoms with E-state index in [0.717, 1.165) is 37.7 Å². The van der Waals surface area contributed by atoms with Crippen molar-refractivity contribution >= 4 is 0 Å². The fraction of sp³-hybridized carbons (Fsp3) is 1.00. The molecule has 2 fully saturated rings. The van der Waals surface area contributed by atoms with E-state index in [-0.39, 0.29) is 0 Å². The summed E-state index contributed by atoms with van der Waals surface area (Å²) in [7, 11) is 1.79. The van der Waals surface area contributed by atoms with Crippen molar-refractivity contribution in [3.63, 3.8) is 0 Å². The molecule has 3 heteroatoms. The molecule has 0 saturated carbocycles. The molecule has 0 aliphatic carbocycles. The van der Waals surface area contributed by atoms with Crippen molar-refractivity contribution in [1.29, 1.82) is 0 Å². The molecule has 14 heavy (non-hydrogen) atoms. The first-order valence-electron chi connectivity index (χ1n) is 5.80. The second kappa shape index (κ2) is 4.60. The number of methoxy groups -OCH3 is 1. The van der Waals surface area contributed by atoms with Gasteiger partial charge in [-0.05, 0) is 38.1 Å². The van der Waals surface area contributed by atoms with Crippen LogP contribution in [0.15, 0.2) is 0 Å². The summed E-state index contributed by atoms with van der Waals surface area (Å²) in [6.45, 7) is 2.87. The van der Waals surface area contributed by atoms with E-state index in [9.17, 15) is 0 Å². The Morgan fingerprint density at radius 2 is 1.93 bits per heavy atom. The lowest BCUT2D eigenvalue weighted by Crippen LogP contribution is -2.45. The highest BCUT2D eigenvalue weighted by Crippen LogP contribution is 2.37. The highest BCUT2D eigenvalue weighted by molar-refractivity contribution is 4.95. The number of hydrogen-bond acceptors (Lipinski definition) is 3. The molecule has 2 saturated heterocycles. The normalized spacial score (nSPS) is 37.7. The van der Waals surface area contributed by atoms with Gasteiger partial charge in [0.2, 0.25) is 0 Å². The van der Waals surface area contributed by atoms with Crippen LogP contribution in [0.3, 0.4) is 0 Å². The smallest absolute Gasteiger partial charge is 0.0589 e. The zero-order chi connectivity index (χ0) is 9.97. The van der Waals surface area contributed by atoms with Gasteiger partial charge in [0.15, 0.2) is 0 Å². The van der Waals surface area contributed by atoms with Gasteiger partial charge in [0.25, 0.3) is 0 Å². The van der Waals surface area contributed by atoms with Crippen LogP contribution in [-0.4, -0.2) is 43.8 Å². The Balaban J connectivity index is 1.89. The van der Waals surface area contributed by atoms with E-state index in [2.05, 4.69) is 4.90 Å². The van der Waals surface area contributed by atoms with Crippen LogP contribution in [0.25, 0.3) is 0 Å². The van der Waals surface area contributed by atoms with Crippen molar-refractivity contribution < 1.29 is 4.74 Å². The van der Waals surface area contributed by atoms with Crippen molar-refractivity contribution in [3.05, 3.63) is 0 Å². The Kier molecular flexibility index (Phi) is 3.42. The molecule has 2 bridgehead atoms. The van der Waals surface area contributed by atoms with Gasteiger partial charge in [0, 0.05) is 25.7 Å². The molecule has 2 atom stereocenters. The predicted molar refractivity (Wildman–Crippen MR) is 57.2 cm³/mol. The standard InChI is InChI=1S/C11H22N2O/c1-14-5-4-13-10-2-3-11(13)7-9(6-10)8-12/h9-11H,2-8,12H2,1H3. The third-order valence-electron chi connectivity index (χ3n) is 3.87. The maximum atomic E-state index is 5.76. The quantitative estimate of drug-likeness (QED) is 0.727. The molecule has 2 rings (SSSR count). The van der Waals surface area contributed by atoms with Gasteiger partial charge in [-0.3, -0.25) is 4.90 Å². The van der Waals surface area contributed by atoms with Crippen LogP contribution < -0.4 is 5.73 Å². The van der Waals surface area contributed by atoms with Crippen molar-refractivity contribution in [2.24, 2.45) is 11.7 Å². The van der Waals surface area contributed by atoms with Gasteiger partial charge in [-0.1, -0.05) is 0 Å². The van der Waals surface area contributed by atoms with Crippen LogP contribution in [0.2, 0.25) is 0 Å². The minimum absolute atomic E-state index is 0.784. The second-order valence-corrected chi connectivity index (χ2v) is 4.69. The molecule has 0 spiro atoms. The van der Waals surface area contributed by atoms with Crippen LogP contribution in [0, 0.1) is 5.92 Å². The summed E-state index contributed by atoms with van der Waals surface area (Å²) in [4.78, 5) is 2.65. The van der Waals surface area contributed by atoms with Crippen molar-refractivity contribution in [3.8, 4) is 0 Å². The lowest BCUT2D eigenvalue weighted by Gasteiger charge is -2.38. The third-order valence-corrected chi connectivity index (χ3v) is 3.87. The van der Waals surface area contributed by atoms with E-state index < -0.39 is 0 Å². The van der Waals surface area contributed by atoms with Crippen molar-refractivity contribution in [1.82, 2.24) is 4.90 Å². The first kappa shape index (κ1) is 10.4. The predicted octanol–water partition coefficient (Wildman–Crippen LogP) is 0.835. The molecular weight excluding hydrogens is 176 g/mol. The molecule has 2 N–H and O–H groups in total. The zero-order valence-corrected chi connectivity index (χ0v) is 9.11. The SMILES string of the molecule is COCCN1C2CCC1CC(CN)C2. The van der Waals surface area contributed by atoms with Gasteiger partial charge in [-0.15, -0.1) is 0 Å². The van der Waals surface area contributed by atoms with E-state index in [1.54, 1.807) is 7.11 Å². The molecule has 2 heterocycles. The highest BCUT2D eigenvalue weighted by Gasteiger charge is 2.39. The Morgan fingerprint density at radius 1 is 1.29 bits per heavy atom. The maximum absolute atomic E-state index is 5.76. The fourth-order valence-electron chi connectivity index (χ4n) is 3.14. The second-order valence-electron chi connectivity index (χ2n) is 4.69. The molecule has 0 aromatic rings. The lowest BCUT2D eigenvalue weighted by molar-refractivity contribution is 0.0709. The molecule has 2 aliphatic heterocycles. The molecule has 82 valence electrons. The number of nitrogens with two attached hydrogens (primary N) is 1. The van der Waals surface area contributed by atoms with Crippen LogP contribution in [0.5, 0.6) is 0 Å². The monoisotopic (exact) mass is 198 g/mol. The van der Waals surface area contributed by atoms with Crippen LogP contribution >= 0.6 is 0 Å². The summed E-state index contributed by atoms with van der Waals surface area (Å²) >= 11 is 0. The number of ether oxygens (including phenoxy) is 1. The first-order chi connectivity index (χ1) is 6.85. The molecule has 2 unspecified atom stereocenters. The number of fused-ring (bicyclic) bond motifs is 2. The highest BCUT2D eigenvalue weighted by atomic mass is 16.5. The molecule has 3 nitrogen and oxygen atoms in total. The summed E-state index contributed by atoms with van der Waals surface area (Å²) in [5.74, 6) is 0.784. The Hall–Kier alpha value is -0.120.